The number of ketones is 1. The second kappa shape index (κ2) is 5.74. The number of Topliss-reactive ketones (excluding diaryl/α,β-unsaturated/α-hetero) is 1. The minimum atomic E-state index is -0.826. The smallest absolute Gasteiger partial charge is 0.168 e. The van der Waals surface area contributed by atoms with E-state index in [1.165, 1.54) is 12.1 Å². The molecule has 0 radical (unpaired) electrons. The molecule has 0 unspecified atom stereocenters. The zero-order valence-electron chi connectivity index (χ0n) is 10.2. The van der Waals surface area contributed by atoms with Gasteiger partial charge in [-0.25, -0.2) is 4.39 Å². The molecule has 4 heteroatoms. The summed E-state index contributed by atoms with van der Waals surface area (Å²) >= 11 is 3.20. The van der Waals surface area contributed by atoms with Gasteiger partial charge >= 0.3 is 0 Å². The molecule has 0 aliphatic heterocycles. The third-order valence-corrected chi connectivity index (χ3v) is 2.92. The van der Waals surface area contributed by atoms with Gasteiger partial charge in [0.25, 0.3) is 0 Å². The molecule has 0 fully saturated rings. The summed E-state index contributed by atoms with van der Waals surface area (Å²) in [4.78, 5) is 12.0. The maximum Gasteiger partial charge on any atom is 0.168 e. The Balaban J connectivity index is 2.80. The fraction of sp³-hybridized carbons (Fsp3) is 0.462. The van der Waals surface area contributed by atoms with Crippen molar-refractivity contribution >= 4 is 21.7 Å². The fourth-order valence-corrected chi connectivity index (χ4v) is 2.07. The SMILES string of the molecule is CCOC(C)(C)C(=O)Cc1cc(F)cc(Br)c1. The highest BCUT2D eigenvalue weighted by Crippen LogP contribution is 2.19. The van der Waals surface area contributed by atoms with Gasteiger partial charge in [-0.1, -0.05) is 15.9 Å². The zero-order valence-corrected chi connectivity index (χ0v) is 11.8. The van der Waals surface area contributed by atoms with E-state index in [0.29, 0.717) is 16.6 Å². The predicted molar refractivity (Wildman–Crippen MR) is 68.5 cm³/mol. The van der Waals surface area contributed by atoms with Gasteiger partial charge in [0, 0.05) is 17.5 Å². The summed E-state index contributed by atoms with van der Waals surface area (Å²) in [6.07, 6.45) is 0.170. The van der Waals surface area contributed by atoms with E-state index in [4.69, 9.17) is 4.74 Å². The number of rotatable bonds is 5. The maximum atomic E-state index is 13.2. The highest BCUT2D eigenvalue weighted by Gasteiger charge is 2.27. The first-order valence-electron chi connectivity index (χ1n) is 5.47. The van der Waals surface area contributed by atoms with E-state index in [1.54, 1.807) is 19.9 Å². The van der Waals surface area contributed by atoms with Crippen molar-refractivity contribution in [2.75, 3.05) is 6.61 Å². The monoisotopic (exact) mass is 302 g/mol. The van der Waals surface area contributed by atoms with Crippen molar-refractivity contribution in [2.24, 2.45) is 0 Å². The number of carbonyl (C=O) groups is 1. The number of hydrogen-bond donors (Lipinski definition) is 0. The van der Waals surface area contributed by atoms with Crippen LogP contribution in [0.1, 0.15) is 26.3 Å². The number of ether oxygens (including phenoxy) is 1. The molecule has 17 heavy (non-hydrogen) atoms. The van der Waals surface area contributed by atoms with Crippen molar-refractivity contribution < 1.29 is 13.9 Å². The molecule has 0 saturated carbocycles. The maximum absolute atomic E-state index is 13.2. The van der Waals surface area contributed by atoms with Crippen LogP contribution in [0.25, 0.3) is 0 Å². The molecule has 0 aliphatic carbocycles. The van der Waals surface area contributed by atoms with Crippen LogP contribution in [0.2, 0.25) is 0 Å². The van der Waals surface area contributed by atoms with E-state index in [0.717, 1.165) is 0 Å². The summed E-state index contributed by atoms with van der Waals surface area (Å²) in [5.74, 6) is -0.409. The van der Waals surface area contributed by atoms with Crippen molar-refractivity contribution in [3.05, 3.63) is 34.1 Å². The van der Waals surface area contributed by atoms with Crippen molar-refractivity contribution in [2.45, 2.75) is 32.8 Å². The highest BCUT2D eigenvalue weighted by atomic mass is 79.9. The van der Waals surface area contributed by atoms with Gasteiger partial charge in [-0.2, -0.15) is 0 Å². The van der Waals surface area contributed by atoms with Gasteiger partial charge in [0.05, 0.1) is 0 Å². The predicted octanol–water partition coefficient (Wildman–Crippen LogP) is 3.51. The Morgan fingerprint density at radius 3 is 2.59 bits per heavy atom. The Labute approximate surface area is 109 Å². The molecule has 0 spiro atoms. The summed E-state index contributed by atoms with van der Waals surface area (Å²) in [7, 11) is 0. The van der Waals surface area contributed by atoms with Crippen LogP contribution in [0.15, 0.2) is 22.7 Å². The van der Waals surface area contributed by atoms with Crippen LogP contribution in [-0.2, 0) is 16.0 Å². The summed E-state index contributed by atoms with van der Waals surface area (Å²) in [5, 5.41) is 0. The highest BCUT2D eigenvalue weighted by molar-refractivity contribution is 9.10. The third kappa shape index (κ3) is 4.21. The van der Waals surface area contributed by atoms with Crippen LogP contribution >= 0.6 is 15.9 Å². The first-order valence-corrected chi connectivity index (χ1v) is 6.26. The summed E-state index contributed by atoms with van der Waals surface area (Å²) in [5.41, 5.74) is -0.178. The lowest BCUT2D eigenvalue weighted by atomic mass is 9.97. The number of benzene rings is 1. The first-order chi connectivity index (χ1) is 7.85. The van der Waals surface area contributed by atoms with E-state index in [9.17, 15) is 9.18 Å². The second-order valence-corrected chi connectivity index (χ2v) is 5.24. The number of carbonyl (C=O) groups excluding carboxylic acids is 1. The van der Waals surface area contributed by atoms with Gasteiger partial charge in [-0.15, -0.1) is 0 Å². The first kappa shape index (κ1) is 14.3. The topological polar surface area (TPSA) is 26.3 Å². The molecule has 0 aliphatic rings. The second-order valence-electron chi connectivity index (χ2n) is 4.32. The van der Waals surface area contributed by atoms with Crippen molar-refractivity contribution in [1.82, 2.24) is 0 Å². The van der Waals surface area contributed by atoms with E-state index in [2.05, 4.69) is 15.9 Å². The van der Waals surface area contributed by atoms with Gasteiger partial charge in [-0.05, 0) is 44.5 Å². The van der Waals surface area contributed by atoms with Crippen molar-refractivity contribution in [1.29, 1.82) is 0 Å². The quantitative estimate of drug-likeness (QED) is 0.832. The molecule has 0 aromatic heterocycles. The lowest BCUT2D eigenvalue weighted by Gasteiger charge is -2.23. The Morgan fingerprint density at radius 2 is 2.06 bits per heavy atom. The fourth-order valence-electron chi connectivity index (χ4n) is 1.55. The standard InChI is InChI=1S/C13H16BrFO2/c1-4-17-13(2,3)12(16)7-9-5-10(14)8-11(15)6-9/h5-6,8H,4,7H2,1-3H3. The molecule has 1 rings (SSSR count). The van der Waals surface area contributed by atoms with Gasteiger partial charge in [-0.3, -0.25) is 4.79 Å². The molecular weight excluding hydrogens is 287 g/mol. The van der Waals surface area contributed by atoms with Crippen LogP contribution in [0.4, 0.5) is 4.39 Å². The Kier molecular flexibility index (Phi) is 4.83. The van der Waals surface area contributed by atoms with Gasteiger partial charge in [0.2, 0.25) is 0 Å². The summed E-state index contributed by atoms with van der Waals surface area (Å²) < 4.78 is 19.2. The molecule has 0 saturated heterocycles. The average Bonchev–Trinajstić information content (AvgIpc) is 2.15. The van der Waals surface area contributed by atoms with Crippen LogP contribution in [0.5, 0.6) is 0 Å². The molecule has 0 heterocycles. The Hall–Kier alpha value is -0.740. The molecule has 0 amide bonds. The lowest BCUT2D eigenvalue weighted by Crippen LogP contribution is -2.36. The Morgan fingerprint density at radius 1 is 1.41 bits per heavy atom. The third-order valence-electron chi connectivity index (χ3n) is 2.46. The van der Waals surface area contributed by atoms with E-state index >= 15 is 0 Å². The molecule has 1 aromatic rings. The summed E-state index contributed by atoms with van der Waals surface area (Å²) in [6, 6.07) is 4.47. The average molecular weight is 303 g/mol. The number of halogens is 2. The number of hydrogen-bond acceptors (Lipinski definition) is 2. The van der Waals surface area contributed by atoms with E-state index in [1.807, 2.05) is 6.92 Å². The van der Waals surface area contributed by atoms with Crippen LogP contribution in [-0.4, -0.2) is 18.0 Å². The normalized spacial score (nSPS) is 11.6. The van der Waals surface area contributed by atoms with E-state index in [-0.39, 0.29) is 18.0 Å². The van der Waals surface area contributed by atoms with Crippen LogP contribution < -0.4 is 0 Å². The van der Waals surface area contributed by atoms with Crippen molar-refractivity contribution in [3.8, 4) is 0 Å². The minimum Gasteiger partial charge on any atom is -0.368 e. The lowest BCUT2D eigenvalue weighted by molar-refractivity contribution is -0.139. The van der Waals surface area contributed by atoms with Crippen LogP contribution in [0.3, 0.4) is 0 Å². The molecule has 94 valence electrons. The van der Waals surface area contributed by atoms with E-state index < -0.39 is 5.60 Å². The van der Waals surface area contributed by atoms with Crippen molar-refractivity contribution in [3.63, 3.8) is 0 Å². The molecule has 2 nitrogen and oxygen atoms in total. The van der Waals surface area contributed by atoms with Crippen LogP contribution in [0, 0.1) is 5.82 Å². The molecular formula is C13H16BrFO2. The van der Waals surface area contributed by atoms with Gasteiger partial charge in [0.1, 0.15) is 11.4 Å². The molecule has 0 atom stereocenters. The molecule has 1 aromatic carbocycles. The summed E-state index contributed by atoms with van der Waals surface area (Å²) in [6.45, 7) is 5.78. The molecule has 0 N–H and O–H groups in total. The minimum absolute atomic E-state index is 0.0585. The zero-order chi connectivity index (χ0) is 13.1. The van der Waals surface area contributed by atoms with Gasteiger partial charge < -0.3 is 4.74 Å². The molecule has 0 bridgehead atoms. The Bertz CT molecular complexity index is 396. The van der Waals surface area contributed by atoms with Gasteiger partial charge in [0.15, 0.2) is 5.78 Å². The largest absolute Gasteiger partial charge is 0.368 e.